The molecule has 0 aliphatic carbocycles. The number of hydrogen-bond acceptors (Lipinski definition) is 8. The maximum absolute atomic E-state index is 11.7. The second-order valence-electron chi connectivity index (χ2n) is 5.81. The number of methoxy groups -OCH3 is 3. The number of esters is 3. The summed E-state index contributed by atoms with van der Waals surface area (Å²) in [6.07, 6.45) is 3.74. The molecule has 29 heavy (non-hydrogen) atoms. The van der Waals surface area contributed by atoms with E-state index in [2.05, 4.69) is 11.3 Å². The molecule has 0 spiro atoms. The van der Waals surface area contributed by atoms with Crippen molar-refractivity contribution in [1.82, 2.24) is 0 Å². The van der Waals surface area contributed by atoms with Gasteiger partial charge in [0.1, 0.15) is 0 Å². The monoisotopic (exact) mass is 406 g/mol. The third kappa shape index (κ3) is 8.96. The maximum atomic E-state index is 11.7. The summed E-state index contributed by atoms with van der Waals surface area (Å²) in [6.45, 7) is 3.81. The van der Waals surface area contributed by atoms with Crippen LogP contribution in [0.4, 0.5) is 0 Å². The zero-order chi connectivity index (χ0) is 21.6. The molecule has 1 aromatic rings. The van der Waals surface area contributed by atoms with Crippen LogP contribution in [0.15, 0.2) is 36.4 Å². The van der Waals surface area contributed by atoms with Gasteiger partial charge >= 0.3 is 17.9 Å². The smallest absolute Gasteiger partial charge is 0.333 e. The lowest BCUT2D eigenvalue weighted by molar-refractivity contribution is -0.144. The van der Waals surface area contributed by atoms with E-state index in [1.54, 1.807) is 31.4 Å². The van der Waals surface area contributed by atoms with Gasteiger partial charge in [0.25, 0.3) is 0 Å². The van der Waals surface area contributed by atoms with Gasteiger partial charge in [-0.3, -0.25) is 4.79 Å². The fourth-order valence-corrected chi connectivity index (χ4v) is 2.13. The lowest BCUT2D eigenvalue weighted by Crippen LogP contribution is -2.13. The lowest BCUT2D eigenvalue weighted by Gasteiger charge is -2.07. The Balaban J connectivity index is 2.26. The zero-order valence-corrected chi connectivity index (χ0v) is 16.9. The number of hydrogen-bond donors (Lipinski definition) is 0. The van der Waals surface area contributed by atoms with Gasteiger partial charge in [0, 0.05) is 11.6 Å². The molecule has 8 nitrogen and oxygen atoms in total. The topological polar surface area (TPSA) is 97.4 Å². The van der Waals surface area contributed by atoms with Crippen molar-refractivity contribution in [2.75, 3.05) is 34.5 Å². The number of ether oxygens (including phenoxy) is 5. The highest BCUT2D eigenvalue weighted by molar-refractivity contribution is 5.93. The maximum Gasteiger partial charge on any atom is 0.333 e. The highest BCUT2D eigenvalue weighted by Crippen LogP contribution is 2.27. The Morgan fingerprint density at radius 2 is 1.62 bits per heavy atom. The van der Waals surface area contributed by atoms with Crippen molar-refractivity contribution in [3.8, 4) is 11.5 Å². The van der Waals surface area contributed by atoms with Crippen LogP contribution in [0.5, 0.6) is 11.5 Å². The highest BCUT2D eigenvalue weighted by atomic mass is 16.5. The first-order valence-corrected chi connectivity index (χ1v) is 8.89. The minimum absolute atomic E-state index is 0.0311. The van der Waals surface area contributed by atoms with Crippen molar-refractivity contribution < 1.29 is 38.1 Å². The molecule has 0 atom stereocenters. The van der Waals surface area contributed by atoms with E-state index in [0.717, 1.165) is 5.56 Å². The first kappa shape index (κ1) is 23.7. The van der Waals surface area contributed by atoms with Crippen LogP contribution in [0, 0.1) is 0 Å². The molecule has 1 rings (SSSR count). The Morgan fingerprint density at radius 3 is 2.24 bits per heavy atom. The summed E-state index contributed by atoms with van der Waals surface area (Å²) in [5.41, 5.74) is 0.794. The van der Waals surface area contributed by atoms with Gasteiger partial charge in [0.2, 0.25) is 0 Å². The van der Waals surface area contributed by atoms with Crippen molar-refractivity contribution in [3.05, 3.63) is 42.0 Å². The second-order valence-corrected chi connectivity index (χ2v) is 5.81. The normalized spacial score (nSPS) is 10.3. The number of rotatable bonds is 12. The van der Waals surface area contributed by atoms with Crippen molar-refractivity contribution in [2.24, 2.45) is 0 Å². The molecule has 1 aromatic carbocycles. The third-order valence-electron chi connectivity index (χ3n) is 3.71. The standard InChI is InChI=1S/C21H26O8/c1-15(13-20(23)27-4)21(24)29-12-6-5-11-28-19(22)10-8-16-7-9-17(25-2)18(14-16)26-3/h7-10,14H,1,5-6,11-13H2,2-4H3/b10-8+. The molecule has 0 saturated heterocycles. The van der Waals surface area contributed by atoms with Gasteiger partial charge in [-0.1, -0.05) is 12.6 Å². The van der Waals surface area contributed by atoms with E-state index >= 15 is 0 Å². The van der Waals surface area contributed by atoms with Gasteiger partial charge in [0.15, 0.2) is 11.5 Å². The Morgan fingerprint density at radius 1 is 0.966 bits per heavy atom. The van der Waals surface area contributed by atoms with Gasteiger partial charge in [-0.15, -0.1) is 0 Å². The number of benzene rings is 1. The van der Waals surface area contributed by atoms with E-state index in [1.807, 2.05) is 0 Å². The van der Waals surface area contributed by atoms with E-state index in [1.165, 1.54) is 20.3 Å². The van der Waals surface area contributed by atoms with Crippen LogP contribution < -0.4 is 9.47 Å². The molecule has 0 bridgehead atoms. The van der Waals surface area contributed by atoms with Crippen molar-refractivity contribution in [2.45, 2.75) is 19.3 Å². The molecule has 0 N–H and O–H groups in total. The van der Waals surface area contributed by atoms with Crippen molar-refractivity contribution in [1.29, 1.82) is 0 Å². The predicted octanol–water partition coefficient (Wildman–Crippen LogP) is 2.70. The van der Waals surface area contributed by atoms with E-state index in [0.29, 0.717) is 24.3 Å². The summed E-state index contributed by atoms with van der Waals surface area (Å²) in [5.74, 6) is -0.526. The zero-order valence-electron chi connectivity index (χ0n) is 16.9. The van der Waals surface area contributed by atoms with Gasteiger partial charge < -0.3 is 23.7 Å². The SMILES string of the molecule is C=C(CC(=O)OC)C(=O)OCCCCOC(=O)/C=C/c1ccc(OC)c(OC)c1. The first-order valence-electron chi connectivity index (χ1n) is 8.89. The molecular weight excluding hydrogens is 380 g/mol. The molecule has 158 valence electrons. The molecular formula is C21H26O8. The summed E-state index contributed by atoms with van der Waals surface area (Å²) in [5, 5.41) is 0. The average Bonchev–Trinajstić information content (AvgIpc) is 2.73. The van der Waals surface area contributed by atoms with E-state index in [-0.39, 0.29) is 25.2 Å². The van der Waals surface area contributed by atoms with Crippen LogP contribution in [-0.2, 0) is 28.6 Å². The van der Waals surface area contributed by atoms with Crippen LogP contribution in [0.25, 0.3) is 6.08 Å². The summed E-state index contributed by atoms with van der Waals surface area (Å²) < 4.78 is 24.9. The molecule has 0 radical (unpaired) electrons. The minimum atomic E-state index is -0.648. The van der Waals surface area contributed by atoms with Gasteiger partial charge in [-0.25, -0.2) is 9.59 Å². The Labute approximate surface area is 170 Å². The molecule has 0 saturated carbocycles. The molecule has 0 fully saturated rings. The second kappa shape index (κ2) is 13.0. The minimum Gasteiger partial charge on any atom is -0.493 e. The van der Waals surface area contributed by atoms with Crippen LogP contribution in [0.2, 0.25) is 0 Å². The van der Waals surface area contributed by atoms with Crippen LogP contribution in [-0.4, -0.2) is 52.5 Å². The average molecular weight is 406 g/mol. The quantitative estimate of drug-likeness (QED) is 0.226. The fourth-order valence-electron chi connectivity index (χ4n) is 2.13. The Bertz CT molecular complexity index is 751. The van der Waals surface area contributed by atoms with Crippen LogP contribution in [0.1, 0.15) is 24.8 Å². The lowest BCUT2D eigenvalue weighted by atomic mass is 10.2. The highest BCUT2D eigenvalue weighted by Gasteiger charge is 2.13. The number of carbonyl (C=O) groups is 3. The van der Waals surface area contributed by atoms with Crippen molar-refractivity contribution >= 4 is 24.0 Å². The van der Waals surface area contributed by atoms with Gasteiger partial charge in [0.05, 0.1) is 41.0 Å². The molecule has 0 aromatic heterocycles. The summed E-state index contributed by atoms with van der Waals surface area (Å²) in [4.78, 5) is 34.4. The summed E-state index contributed by atoms with van der Waals surface area (Å²) in [6, 6.07) is 5.27. The molecule has 8 heteroatoms. The molecule has 0 unspecified atom stereocenters. The molecule has 0 heterocycles. The predicted molar refractivity (Wildman–Crippen MR) is 106 cm³/mol. The summed E-state index contributed by atoms with van der Waals surface area (Å²) in [7, 11) is 4.31. The molecule has 0 amide bonds. The number of carbonyl (C=O) groups excluding carboxylic acids is 3. The van der Waals surface area contributed by atoms with E-state index in [4.69, 9.17) is 18.9 Å². The number of unbranched alkanes of at least 4 members (excludes halogenated alkanes) is 1. The third-order valence-corrected chi connectivity index (χ3v) is 3.71. The van der Waals surface area contributed by atoms with Gasteiger partial charge in [-0.05, 0) is 36.6 Å². The molecule has 0 aliphatic rings. The van der Waals surface area contributed by atoms with Crippen LogP contribution in [0.3, 0.4) is 0 Å². The first-order chi connectivity index (χ1) is 13.9. The molecule has 0 aliphatic heterocycles. The Hall–Kier alpha value is -3.29. The van der Waals surface area contributed by atoms with Crippen molar-refractivity contribution in [3.63, 3.8) is 0 Å². The van der Waals surface area contributed by atoms with E-state index in [9.17, 15) is 14.4 Å². The largest absolute Gasteiger partial charge is 0.493 e. The van der Waals surface area contributed by atoms with Crippen LogP contribution >= 0.6 is 0 Å². The fraction of sp³-hybridized carbons (Fsp3) is 0.381. The van der Waals surface area contributed by atoms with E-state index < -0.39 is 17.9 Å². The Kier molecular flexibility index (Phi) is 10.6. The summed E-state index contributed by atoms with van der Waals surface area (Å²) >= 11 is 0. The van der Waals surface area contributed by atoms with Gasteiger partial charge in [-0.2, -0.15) is 0 Å².